The molecule has 0 aliphatic rings. The molecule has 1 rings (SSSR count). The minimum atomic E-state index is -0.570. The minimum absolute atomic E-state index is 0.0247. The molecular formula is C21H37NO2. The van der Waals surface area contributed by atoms with Crippen LogP contribution in [-0.2, 0) is 12.8 Å². The second kappa shape index (κ2) is 12.5. The molecule has 0 aliphatic carbocycles. The maximum Gasteiger partial charge on any atom is 0.0611 e. The van der Waals surface area contributed by atoms with Crippen LogP contribution in [0.3, 0.4) is 0 Å². The van der Waals surface area contributed by atoms with Gasteiger partial charge < -0.3 is 15.9 Å². The zero-order chi connectivity index (χ0) is 17.7. The van der Waals surface area contributed by atoms with E-state index in [9.17, 15) is 5.11 Å². The molecule has 0 saturated heterocycles. The second-order valence-electron chi connectivity index (χ2n) is 7.18. The highest BCUT2D eigenvalue weighted by molar-refractivity contribution is 5.23. The summed E-state index contributed by atoms with van der Waals surface area (Å²) in [5, 5.41) is 18.4. The predicted molar refractivity (Wildman–Crippen MR) is 102 cm³/mol. The van der Waals surface area contributed by atoms with Gasteiger partial charge in [0.15, 0.2) is 0 Å². The fraction of sp³-hybridized carbons (Fsp3) is 0.714. The first kappa shape index (κ1) is 21.1. The Hall–Kier alpha value is -0.900. The summed E-state index contributed by atoms with van der Waals surface area (Å²) >= 11 is 0. The molecule has 3 heteroatoms. The Morgan fingerprint density at radius 1 is 0.792 bits per heavy atom. The van der Waals surface area contributed by atoms with Crippen molar-refractivity contribution < 1.29 is 10.2 Å². The molecule has 0 heterocycles. The van der Waals surface area contributed by atoms with Crippen LogP contribution in [0.5, 0.6) is 0 Å². The van der Waals surface area contributed by atoms with E-state index in [1.165, 1.54) is 56.1 Å². The van der Waals surface area contributed by atoms with E-state index in [1.54, 1.807) is 0 Å². The maximum atomic E-state index is 9.50. The molecule has 1 atom stereocenters. The van der Waals surface area contributed by atoms with Gasteiger partial charge in [-0.05, 0) is 49.7 Å². The van der Waals surface area contributed by atoms with Crippen LogP contribution in [0.15, 0.2) is 24.3 Å². The second-order valence-corrected chi connectivity index (χ2v) is 7.18. The number of rotatable bonds is 14. The van der Waals surface area contributed by atoms with Crippen LogP contribution in [0, 0.1) is 0 Å². The molecule has 138 valence electrons. The third kappa shape index (κ3) is 8.81. The van der Waals surface area contributed by atoms with Gasteiger partial charge in [-0.15, -0.1) is 0 Å². The van der Waals surface area contributed by atoms with Gasteiger partial charge in [-0.3, -0.25) is 0 Å². The van der Waals surface area contributed by atoms with E-state index in [0.717, 1.165) is 12.8 Å². The van der Waals surface area contributed by atoms with Gasteiger partial charge in [0, 0.05) is 12.1 Å². The standard InChI is InChI=1S/C21H37NO2/c1-2-3-4-5-6-7-9-19-10-12-20(13-11-19)14-16-21(22,18-24)15-8-17-23/h10-13,23-24H,2-9,14-18,22H2,1H3. The summed E-state index contributed by atoms with van der Waals surface area (Å²) in [4.78, 5) is 0. The van der Waals surface area contributed by atoms with Gasteiger partial charge in [0.05, 0.1) is 6.61 Å². The van der Waals surface area contributed by atoms with Crippen molar-refractivity contribution in [2.24, 2.45) is 5.73 Å². The molecule has 0 fully saturated rings. The normalized spacial score (nSPS) is 13.8. The van der Waals surface area contributed by atoms with Crippen LogP contribution in [0.4, 0.5) is 0 Å². The molecule has 0 amide bonds. The van der Waals surface area contributed by atoms with E-state index in [4.69, 9.17) is 10.8 Å². The third-order valence-corrected chi connectivity index (χ3v) is 4.90. The first-order chi connectivity index (χ1) is 11.6. The largest absolute Gasteiger partial charge is 0.396 e. The Bertz CT molecular complexity index is 418. The number of aliphatic hydroxyl groups excluding tert-OH is 2. The summed E-state index contributed by atoms with van der Waals surface area (Å²) in [5.41, 5.74) is 8.33. The van der Waals surface area contributed by atoms with Crippen LogP contribution in [-0.4, -0.2) is 29.0 Å². The van der Waals surface area contributed by atoms with Gasteiger partial charge in [-0.2, -0.15) is 0 Å². The van der Waals surface area contributed by atoms with Crippen LogP contribution < -0.4 is 5.73 Å². The summed E-state index contributed by atoms with van der Waals surface area (Å²) in [7, 11) is 0. The molecule has 0 aromatic heterocycles. The smallest absolute Gasteiger partial charge is 0.0611 e. The zero-order valence-corrected chi connectivity index (χ0v) is 15.5. The van der Waals surface area contributed by atoms with Crippen molar-refractivity contribution in [2.75, 3.05) is 13.2 Å². The molecule has 0 saturated carbocycles. The van der Waals surface area contributed by atoms with Crippen LogP contribution >= 0.6 is 0 Å². The predicted octanol–water partition coefficient (Wildman–Crippen LogP) is 3.98. The molecule has 0 bridgehead atoms. The highest BCUT2D eigenvalue weighted by Gasteiger charge is 2.23. The van der Waals surface area contributed by atoms with E-state index < -0.39 is 5.54 Å². The summed E-state index contributed by atoms with van der Waals surface area (Å²) in [6.07, 6.45) is 12.1. The van der Waals surface area contributed by atoms with Crippen LogP contribution in [0.1, 0.15) is 75.8 Å². The lowest BCUT2D eigenvalue weighted by Gasteiger charge is -2.27. The number of aliphatic hydroxyl groups is 2. The van der Waals surface area contributed by atoms with E-state index >= 15 is 0 Å². The highest BCUT2D eigenvalue weighted by Crippen LogP contribution is 2.18. The first-order valence-electron chi connectivity index (χ1n) is 9.72. The van der Waals surface area contributed by atoms with Crippen molar-refractivity contribution >= 4 is 0 Å². The average molecular weight is 336 g/mol. The third-order valence-electron chi connectivity index (χ3n) is 4.90. The molecular weight excluding hydrogens is 298 g/mol. The van der Waals surface area contributed by atoms with E-state index in [1.807, 2.05) is 0 Å². The number of hydrogen-bond acceptors (Lipinski definition) is 3. The molecule has 1 aromatic rings. The van der Waals surface area contributed by atoms with Crippen LogP contribution in [0.25, 0.3) is 0 Å². The van der Waals surface area contributed by atoms with E-state index in [-0.39, 0.29) is 13.2 Å². The fourth-order valence-electron chi connectivity index (χ4n) is 3.09. The van der Waals surface area contributed by atoms with Crippen molar-refractivity contribution in [1.29, 1.82) is 0 Å². The number of hydrogen-bond donors (Lipinski definition) is 3. The Balaban J connectivity index is 2.31. The lowest BCUT2D eigenvalue weighted by molar-refractivity contribution is 0.165. The Morgan fingerprint density at radius 3 is 1.96 bits per heavy atom. The molecule has 0 radical (unpaired) electrons. The van der Waals surface area contributed by atoms with Gasteiger partial charge in [0.2, 0.25) is 0 Å². The van der Waals surface area contributed by atoms with Crippen molar-refractivity contribution in [2.45, 2.75) is 83.1 Å². The topological polar surface area (TPSA) is 66.5 Å². The van der Waals surface area contributed by atoms with Crippen LogP contribution in [0.2, 0.25) is 0 Å². The van der Waals surface area contributed by atoms with E-state index in [0.29, 0.717) is 12.8 Å². The lowest BCUT2D eigenvalue weighted by atomic mass is 9.88. The Labute approximate surface area is 148 Å². The summed E-state index contributed by atoms with van der Waals surface area (Å²) in [6.45, 7) is 2.36. The maximum absolute atomic E-state index is 9.50. The minimum Gasteiger partial charge on any atom is -0.396 e. The van der Waals surface area contributed by atoms with Gasteiger partial charge >= 0.3 is 0 Å². The van der Waals surface area contributed by atoms with Gasteiger partial charge in [-0.25, -0.2) is 0 Å². The number of aryl methyl sites for hydroxylation is 2. The summed E-state index contributed by atoms with van der Waals surface area (Å²) in [5.74, 6) is 0. The van der Waals surface area contributed by atoms with Gasteiger partial charge in [-0.1, -0.05) is 63.3 Å². The zero-order valence-electron chi connectivity index (χ0n) is 15.5. The van der Waals surface area contributed by atoms with E-state index in [2.05, 4.69) is 31.2 Å². The monoisotopic (exact) mass is 335 g/mol. The van der Waals surface area contributed by atoms with Crippen molar-refractivity contribution in [1.82, 2.24) is 0 Å². The van der Waals surface area contributed by atoms with Gasteiger partial charge in [0.1, 0.15) is 0 Å². The molecule has 24 heavy (non-hydrogen) atoms. The van der Waals surface area contributed by atoms with Crippen molar-refractivity contribution in [3.63, 3.8) is 0 Å². The first-order valence-corrected chi connectivity index (χ1v) is 9.72. The molecule has 4 N–H and O–H groups in total. The molecule has 0 spiro atoms. The van der Waals surface area contributed by atoms with Crippen molar-refractivity contribution in [3.05, 3.63) is 35.4 Å². The number of unbranched alkanes of at least 4 members (excludes halogenated alkanes) is 5. The quantitative estimate of drug-likeness (QED) is 0.450. The summed E-state index contributed by atoms with van der Waals surface area (Å²) < 4.78 is 0. The SMILES string of the molecule is CCCCCCCCc1ccc(CCC(N)(CO)CCCO)cc1. The van der Waals surface area contributed by atoms with Gasteiger partial charge in [0.25, 0.3) is 0 Å². The van der Waals surface area contributed by atoms with Crippen molar-refractivity contribution in [3.8, 4) is 0 Å². The Morgan fingerprint density at radius 2 is 1.38 bits per heavy atom. The molecule has 3 nitrogen and oxygen atoms in total. The number of nitrogens with two attached hydrogens (primary N) is 1. The number of benzene rings is 1. The fourth-order valence-corrected chi connectivity index (χ4v) is 3.09. The molecule has 1 aromatic carbocycles. The molecule has 0 aliphatic heterocycles. The Kier molecular flexibility index (Phi) is 11.0. The molecule has 1 unspecified atom stereocenters. The highest BCUT2D eigenvalue weighted by atomic mass is 16.3. The average Bonchev–Trinajstić information content (AvgIpc) is 2.62. The lowest BCUT2D eigenvalue weighted by Crippen LogP contribution is -2.44. The summed E-state index contributed by atoms with van der Waals surface area (Å²) in [6, 6.07) is 8.84.